The Labute approximate surface area is 230 Å². The molecule has 39 heavy (non-hydrogen) atoms. The Morgan fingerprint density at radius 2 is 1.90 bits per heavy atom. The highest BCUT2D eigenvalue weighted by molar-refractivity contribution is 6.18. The molecule has 7 aliphatic rings. The van der Waals surface area contributed by atoms with Crippen LogP contribution in [-0.4, -0.2) is 103 Å². The van der Waals surface area contributed by atoms with E-state index in [2.05, 4.69) is 15.1 Å². The van der Waals surface area contributed by atoms with Crippen LogP contribution in [0, 0.1) is 29.6 Å². The Bertz CT molecular complexity index is 988. The highest BCUT2D eigenvalue weighted by atomic mass is 19.1. The Balaban J connectivity index is 1.12. The van der Waals surface area contributed by atoms with Crippen LogP contribution in [0.1, 0.15) is 57.8 Å². The largest absolute Gasteiger partial charge is 0.478 e. The molecular weight excluding hydrogens is 501 g/mol. The van der Waals surface area contributed by atoms with Crippen LogP contribution < -0.4 is 5.32 Å². The second-order valence-electron chi connectivity index (χ2n) is 13.3. The summed E-state index contributed by atoms with van der Waals surface area (Å²) in [7, 11) is 0. The minimum atomic E-state index is -1.25. The van der Waals surface area contributed by atoms with Gasteiger partial charge in [0.1, 0.15) is 11.7 Å². The second-order valence-corrected chi connectivity index (χ2v) is 13.3. The SMILES string of the molecule is O=C(O)C1=CN2C3CC4C(CC5CCCCC54)CC3OC3C(NCCCN4CCOCC4)C(F)CC(C1=O)C32. The quantitative estimate of drug-likeness (QED) is 0.389. The summed E-state index contributed by atoms with van der Waals surface area (Å²) >= 11 is 0. The van der Waals surface area contributed by atoms with E-state index in [0.29, 0.717) is 18.4 Å². The lowest BCUT2D eigenvalue weighted by molar-refractivity contribution is -0.206. The molecule has 9 heteroatoms. The zero-order chi connectivity index (χ0) is 26.7. The molecule has 6 fully saturated rings. The van der Waals surface area contributed by atoms with Gasteiger partial charge in [0.15, 0.2) is 5.78 Å². The first kappa shape index (κ1) is 26.4. The molecule has 8 nitrogen and oxygen atoms in total. The molecule has 0 aromatic rings. The van der Waals surface area contributed by atoms with E-state index in [-0.39, 0.29) is 30.2 Å². The maximum Gasteiger partial charge on any atom is 0.340 e. The number of hydrogen-bond acceptors (Lipinski definition) is 7. The molecule has 0 spiro atoms. The standard InChI is InChI=1S/C30H44FN3O5/c31-23-14-21-27-29(26(23)32-6-3-7-33-8-10-38-11-9-33)39-25-13-18-12-17-4-1-2-5-19(17)20(18)15-24(25)34(27)16-22(28(21)35)30(36)37/h16-21,23-27,29,32H,1-15H2,(H,36,37). The minimum Gasteiger partial charge on any atom is -0.478 e. The number of ketones is 1. The molecule has 7 rings (SSSR count). The first-order chi connectivity index (χ1) is 19.0. The molecule has 2 saturated heterocycles. The maximum atomic E-state index is 15.8. The number of ether oxygens (including phenoxy) is 2. The fraction of sp³-hybridized carbons (Fsp3) is 0.867. The Hall–Kier alpha value is -1.55. The van der Waals surface area contributed by atoms with E-state index >= 15 is 4.39 Å². The fourth-order valence-electron chi connectivity index (χ4n) is 9.79. The van der Waals surface area contributed by atoms with Gasteiger partial charge in [0.05, 0.1) is 43.5 Å². The number of fused-ring (bicyclic) bond motifs is 5. The lowest BCUT2D eigenvalue weighted by atomic mass is 9.66. The van der Waals surface area contributed by atoms with E-state index in [4.69, 9.17) is 9.47 Å². The predicted molar refractivity (Wildman–Crippen MR) is 142 cm³/mol. The van der Waals surface area contributed by atoms with Gasteiger partial charge in [-0.2, -0.15) is 0 Å². The highest BCUT2D eigenvalue weighted by Gasteiger charge is 2.61. The summed E-state index contributed by atoms with van der Waals surface area (Å²) in [5.74, 6) is 0.594. The maximum absolute atomic E-state index is 15.8. The molecule has 3 aliphatic heterocycles. The van der Waals surface area contributed by atoms with Crippen molar-refractivity contribution >= 4 is 11.8 Å². The van der Waals surface area contributed by atoms with Gasteiger partial charge in [0.25, 0.3) is 0 Å². The normalized spacial score (nSPS) is 45.6. The zero-order valence-corrected chi connectivity index (χ0v) is 22.9. The smallest absolute Gasteiger partial charge is 0.340 e. The molecule has 0 bridgehead atoms. The summed E-state index contributed by atoms with van der Waals surface area (Å²) in [6.07, 6.45) is 9.40. The van der Waals surface area contributed by atoms with Gasteiger partial charge in [-0.15, -0.1) is 0 Å². The average Bonchev–Trinajstić information content (AvgIpc) is 3.30. The zero-order valence-electron chi connectivity index (χ0n) is 22.9. The fourth-order valence-corrected chi connectivity index (χ4v) is 9.79. The van der Waals surface area contributed by atoms with E-state index in [1.807, 2.05) is 0 Å². The van der Waals surface area contributed by atoms with Gasteiger partial charge in [0.2, 0.25) is 0 Å². The third-order valence-corrected chi connectivity index (χ3v) is 11.5. The van der Waals surface area contributed by atoms with Crippen LogP contribution in [0.4, 0.5) is 4.39 Å². The summed E-state index contributed by atoms with van der Waals surface area (Å²) in [5, 5.41) is 13.4. The van der Waals surface area contributed by atoms with Crippen molar-refractivity contribution in [3.05, 3.63) is 11.8 Å². The summed E-state index contributed by atoms with van der Waals surface area (Å²) in [4.78, 5) is 30.0. The molecule has 0 aromatic heterocycles. The van der Waals surface area contributed by atoms with Gasteiger partial charge >= 0.3 is 5.97 Å². The topological polar surface area (TPSA) is 91.3 Å². The van der Waals surface area contributed by atoms with Gasteiger partial charge in [-0.3, -0.25) is 9.69 Å². The molecule has 3 heterocycles. The molecule has 216 valence electrons. The number of carbonyl (C=O) groups excluding carboxylic acids is 1. The Morgan fingerprint density at radius 3 is 2.72 bits per heavy atom. The van der Waals surface area contributed by atoms with Crippen LogP contribution in [0.3, 0.4) is 0 Å². The number of carboxylic acids is 1. The number of alkyl halides is 1. The Morgan fingerprint density at radius 1 is 1.08 bits per heavy atom. The van der Waals surface area contributed by atoms with Crippen molar-refractivity contribution in [2.75, 3.05) is 39.4 Å². The summed E-state index contributed by atoms with van der Waals surface area (Å²) in [6.45, 7) is 5.04. The van der Waals surface area contributed by atoms with Crippen LogP contribution in [0.25, 0.3) is 0 Å². The van der Waals surface area contributed by atoms with Crippen LogP contribution in [0.15, 0.2) is 11.8 Å². The lowest BCUT2D eigenvalue weighted by Gasteiger charge is -2.60. The van der Waals surface area contributed by atoms with E-state index in [0.717, 1.165) is 63.9 Å². The number of hydrogen-bond donors (Lipinski definition) is 2. The molecule has 11 atom stereocenters. The third kappa shape index (κ3) is 4.65. The first-order valence-electron chi connectivity index (χ1n) is 15.6. The number of nitrogens with one attached hydrogen (secondary N) is 1. The minimum absolute atomic E-state index is 0.0456. The van der Waals surface area contributed by atoms with Crippen molar-refractivity contribution in [3.63, 3.8) is 0 Å². The van der Waals surface area contributed by atoms with E-state index in [1.54, 1.807) is 6.20 Å². The van der Waals surface area contributed by atoms with Gasteiger partial charge < -0.3 is 24.8 Å². The number of nitrogens with zero attached hydrogens (tertiary/aromatic N) is 2. The van der Waals surface area contributed by atoms with Crippen LogP contribution in [-0.2, 0) is 19.1 Å². The second kappa shape index (κ2) is 10.7. The van der Waals surface area contributed by atoms with Crippen LogP contribution in [0.2, 0.25) is 0 Å². The lowest BCUT2D eigenvalue weighted by Crippen LogP contribution is -2.73. The molecule has 0 radical (unpaired) electrons. The molecule has 2 N–H and O–H groups in total. The van der Waals surface area contributed by atoms with Crippen molar-refractivity contribution in [1.29, 1.82) is 0 Å². The van der Waals surface area contributed by atoms with E-state index in [1.165, 1.54) is 32.1 Å². The van der Waals surface area contributed by atoms with Gasteiger partial charge in [-0.25, -0.2) is 9.18 Å². The molecule has 0 aromatic carbocycles. The molecule has 0 amide bonds. The predicted octanol–water partition coefficient (Wildman–Crippen LogP) is 2.62. The number of carboxylic acid groups (broad SMARTS) is 1. The first-order valence-corrected chi connectivity index (χ1v) is 15.6. The van der Waals surface area contributed by atoms with Gasteiger partial charge in [0, 0.05) is 25.2 Å². The van der Waals surface area contributed by atoms with Crippen LogP contribution >= 0.6 is 0 Å². The van der Waals surface area contributed by atoms with Crippen molar-refractivity contribution in [1.82, 2.24) is 15.1 Å². The highest BCUT2D eigenvalue weighted by Crippen LogP contribution is 2.57. The van der Waals surface area contributed by atoms with Crippen LogP contribution in [0.5, 0.6) is 0 Å². The summed E-state index contributed by atoms with van der Waals surface area (Å²) in [6, 6.07) is -0.724. The average molecular weight is 546 g/mol. The van der Waals surface area contributed by atoms with Gasteiger partial charge in [-0.05, 0) is 75.3 Å². The van der Waals surface area contributed by atoms with Crippen molar-refractivity contribution in [2.45, 2.75) is 94.3 Å². The van der Waals surface area contributed by atoms with Crippen molar-refractivity contribution < 1.29 is 28.6 Å². The monoisotopic (exact) mass is 545 g/mol. The number of aliphatic carboxylic acids is 1. The summed E-state index contributed by atoms with van der Waals surface area (Å²) in [5.41, 5.74) is -0.177. The van der Waals surface area contributed by atoms with Gasteiger partial charge in [-0.1, -0.05) is 19.3 Å². The summed E-state index contributed by atoms with van der Waals surface area (Å²) < 4.78 is 28.1. The molecule has 4 saturated carbocycles. The molecule has 4 aliphatic carbocycles. The number of morpholine rings is 2. The number of rotatable bonds is 6. The number of carbonyl (C=O) groups is 2. The van der Waals surface area contributed by atoms with Crippen molar-refractivity contribution in [3.8, 4) is 0 Å². The van der Waals surface area contributed by atoms with Crippen molar-refractivity contribution in [2.24, 2.45) is 29.6 Å². The van der Waals surface area contributed by atoms with E-state index in [9.17, 15) is 14.7 Å². The Kier molecular flexibility index (Phi) is 7.23. The third-order valence-electron chi connectivity index (χ3n) is 11.5. The van der Waals surface area contributed by atoms with E-state index < -0.39 is 36.0 Å². The molecule has 11 unspecified atom stereocenters. The number of Topliss-reactive ketones (excluding diaryl/α,β-unsaturated/α-hetero) is 1. The molecular formula is C30H44FN3O5. The number of halogens is 1.